The molecule has 2 fully saturated rings. The molecule has 2 aliphatic rings. The van der Waals surface area contributed by atoms with Gasteiger partial charge in [-0.1, -0.05) is 27.7 Å². The summed E-state index contributed by atoms with van der Waals surface area (Å²) in [7, 11) is 2.34. The van der Waals surface area contributed by atoms with Gasteiger partial charge >= 0.3 is 7.82 Å². The Hall–Kier alpha value is -0.000130. The summed E-state index contributed by atoms with van der Waals surface area (Å²) >= 11 is 0. The Labute approximate surface area is 225 Å². The molecule has 0 amide bonds. The SMILES string of the molecule is BC1OC(COP(=O)(O)OC2C(COC(C)(CC)CC)OC(B)C2OC)C(OC(C)(CC)CC)C1OC. The van der Waals surface area contributed by atoms with Crippen molar-refractivity contribution in [1.82, 2.24) is 0 Å². The topological polar surface area (TPSA) is 111 Å². The monoisotopic (exact) mass is 550 g/mol. The highest BCUT2D eigenvalue weighted by atomic mass is 31.2. The number of phosphoric ester groups is 1. The van der Waals surface area contributed by atoms with E-state index in [-0.39, 0.29) is 42.5 Å². The number of hydrogen-bond donors (Lipinski definition) is 1. The van der Waals surface area contributed by atoms with Crippen LogP contribution < -0.4 is 0 Å². The molecule has 10 nitrogen and oxygen atoms in total. The van der Waals surface area contributed by atoms with E-state index >= 15 is 0 Å². The van der Waals surface area contributed by atoms with Gasteiger partial charge in [0.1, 0.15) is 52.3 Å². The van der Waals surface area contributed by atoms with Crippen molar-refractivity contribution in [3.63, 3.8) is 0 Å². The average Bonchev–Trinajstić information content (AvgIpc) is 3.34. The Morgan fingerprint density at radius 2 is 1.24 bits per heavy atom. The van der Waals surface area contributed by atoms with Crippen LogP contribution in [0.4, 0.5) is 0 Å². The lowest BCUT2D eigenvalue weighted by molar-refractivity contribution is -0.142. The van der Waals surface area contributed by atoms with Crippen LogP contribution in [0.5, 0.6) is 0 Å². The summed E-state index contributed by atoms with van der Waals surface area (Å²) in [6, 6.07) is -0.617. The third-order valence-electron chi connectivity index (χ3n) is 8.29. The molecule has 0 aromatic heterocycles. The third kappa shape index (κ3) is 8.49. The fraction of sp³-hybridized carbons (Fsp3) is 1.00. The molecule has 0 bridgehead atoms. The van der Waals surface area contributed by atoms with Crippen molar-refractivity contribution in [2.24, 2.45) is 0 Å². The van der Waals surface area contributed by atoms with Gasteiger partial charge in [-0.05, 0) is 39.5 Å². The Morgan fingerprint density at radius 1 is 0.784 bits per heavy atom. The van der Waals surface area contributed by atoms with Gasteiger partial charge in [-0.2, -0.15) is 0 Å². The molecule has 0 aromatic carbocycles. The van der Waals surface area contributed by atoms with E-state index in [2.05, 4.69) is 27.7 Å². The highest BCUT2D eigenvalue weighted by Gasteiger charge is 2.50. The van der Waals surface area contributed by atoms with Crippen molar-refractivity contribution in [3.05, 3.63) is 0 Å². The Kier molecular flexibility index (Phi) is 12.6. The highest BCUT2D eigenvalue weighted by Crippen LogP contribution is 2.48. The maximum Gasteiger partial charge on any atom is 0.472 e. The van der Waals surface area contributed by atoms with Crippen molar-refractivity contribution in [2.75, 3.05) is 27.4 Å². The molecule has 0 aliphatic carbocycles. The van der Waals surface area contributed by atoms with E-state index in [1.54, 1.807) is 7.11 Å². The van der Waals surface area contributed by atoms with Crippen molar-refractivity contribution in [3.8, 4) is 0 Å². The molecule has 2 aliphatic heterocycles. The molecule has 2 rings (SSSR count). The van der Waals surface area contributed by atoms with Crippen LogP contribution in [0.2, 0.25) is 0 Å². The zero-order chi connectivity index (χ0) is 28.0. The number of ether oxygens (including phenoxy) is 6. The van der Waals surface area contributed by atoms with Gasteiger partial charge in [0.15, 0.2) is 0 Å². The molecule has 2 heterocycles. The largest absolute Gasteiger partial charge is 0.472 e. The number of phosphoric acid groups is 1. The van der Waals surface area contributed by atoms with Crippen LogP contribution >= 0.6 is 7.82 Å². The van der Waals surface area contributed by atoms with Crippen LogP contribution in [-0.4, -0.2) is 108 Å². The summed E-state index contributed by atoms with van der Waals surface area (Å²) in [5, 5.41) is 0. The zero-order valence-corrected chi connectivity index (χ0v) is 25.3. The summed E-state index contributed by atoms with van der Waals surface area (Å²) in [4.78, 5) is 10.7. The van der Waals surface area contributed by atoms with Gasteiger partial charge in [0, 0.05) is 14.2 Å². The number of rotatable bonds is 16. The Balaban J connectivity index is 2.10. The molecule has 9 atom stereocenters. The standard InChI is InChI=1S/C24H49B2O10P/c1-9-23(5,10-2)31-13-15-18(20(30-8)22(26)33-15)36-37(27,28)32-14-16-17(19(29-7)21(25)34-16)35-24(6,11-3)12-4/h15-22H,9-14,25-26H2,1-8H3,(H,27,28). The molecule has 0 aromatic rings. The Bertz CT molecular complexity index is 738. The maximum absolute atomic E-state index is 13.1. The smallest absolute Gasteiger partial charge is 0.377 e. The lowest BCUT2D eigenvalue weighted by atomic mass is 9.91. The second kappa shape index (κ2) is 14.1. The fourth-order valence-electron chi connectivity index (χ4n) is 4.84. The summed E-state index contributed by atoms with van der Waals surface area (Å²) < 4.78 is 60.1. The molecule has 2 saturated heterocycles. The van der Waals surface area contributed by atoms with Crippen molar-refractivity contribution in [2.45, 2.75) is 127 Å². The number of methoxy groups -OCH3 is 2. The highest BCUT2D eigenvalue weighted by molar-refractivity contribution is 7.47. The molecule has 9 unspecified atom stereocenters. The first-order valence-corrected chi connectivity index (χ1v) is 15.1. The fourth-order valence-corrected chi connectivity index (χ4v) is 5.80. The molecular formula is C24H49B2O10P. The van der Waals surface area contributed by atoms with Crippen molar-refractivity contribution >= 4 is 23.5 Å². The predicted octanol–water partition coefficient (Wildman–Crippen LogP) is 1.79. The zero-order valence-electron chi connectivity index (χ0n) is 24.4. The summed E-state index contributed by atoms with van der Waals surface area (Å²) in [5.41, 5.74) is -0.704. The first-order valence-electron chi connectivity index (χ1n) is 13.6. The molecular weight excluding hydrogens is 501 g/mol. The predicted molar refractivity (Wildman–Crippen MR) is 145 cm³/mol. The van der Waals surface area contributed by atoms with Gasteiger partial charge in [-0.15, -0.1) is 0 Å². The lowest BCUT2D eigenvalue weighted by Crippen LogP contribution is -2.45. The van der Waals surface area contributed by atoms with E-state index in [1.807, 2.05) is 29.5 Å². The van der Waals surface area contributed by atoms with Gasteiger partial charge in [-0.25, -0.2) is 4.57 Å². The van der Waals surface area contributed by atoms with E-state index in [0.717, 1.165) is 25.7 Å². The quantitative estimate of drug-likeness (QED) is 0.226. The maximum atomic E-state index is 13.1. The molecule has 13 heteroatoms. The van der Waals surface area contributed by atoms with Crippen LogP contribution in [-0.2, 0) is 42.0 Å². The van der Waals surface area contributed by atoms with Crippen LogP contribution in [0.15, 0.2) is 0 Å². The van der Waals surface area contributed by atoms with Crippen LogP contribution in [0.3, 0.4) is 0 Å². The molecule has 216 valence electrons. The van der Waals surface area contributed by atoms with Gasteiger partial charge in [0.25, 0.3) is 0 Å². The van der Waals surface area contributed by atoms with E-state index in [9.17, 15) is 9.46 Å². The van der Waals surface area contributed by atoms with Crippen LogP contribution in [0.1, 0.15) is 67.2 Å². The summed E-state index contributed by atoms with van der Waals surface area (Å²) in [5.74, 6) is 0. The first kappa shape index (κ1) is 33.2. The Morgan fingerprint density at radius 3 is 1.70 bits per heavy atom. The second-order valence-electron chi connectivity index (χ2n) is 10.7. The minimum atomic E-state index is -4.52. The second-order valence-corrected chi connectivity index (χ2v) is 12.1. The number of hydrogen-bond acceptors (Lipinski definition) is 9. The molecule has 0 radical (unpaired) electrons. The van der Waals surface area contributed by atoms with E-state index < -0.39 is 38.3 Å². The average molecular weight is 550 g/mol. The molecule has 0 spiro atoms. The molecule has 37 heavy (non-hydrogen) atoms. The summed E-state index contributed by atoms with van der Waals surface area (Å²) in [6.45, 7) is 12.3. The summed E-state index contributed by atoms with van der Waals surface area (Å²) in [6.07, 6.45) is -0.138. The van der Waals surface area contributed by atoms with Crippen LogP contribution in [0.25, 0.3) is 0 Å². The lowest BCUT2D eigenvalue weighted by Gasteiger charge is -2.35. The van der Waals surface area contributed by atoms with Crippen molar-refractivity contribution < 1.29 is 46.9 Å². The molecule has 0 saturated carbocycles. The van der Waals surface area contributed by atoms with E-state index in [4.69, 9.17) is 37.5 Å². The van der Waals surface area contributed by atoms with Gasteiger partial charge in [0.2, 0.25) is 0 Å². The first-order chi connectivity index (χ1) is 17.3. The minimum Gasteiger partial charge on any atom is -0.377 e. The van der Waals surface area contributed by atoms with Gasteiger partial charge < -0.3 is 33.3 Å². The minimum absolute atomic E-state index is 0.197. The molecule has 1 N–H and O–H groups in total. The van der Waals surface area contributed by atoms with Gasteiger partial charge in [-0.3, -0.25) is 9.05 Å². The van der Waals surface area contributed by atoms with E-state index in [0.29, 0.717) is 0 Å². The van der Waals surface area contributed by atoms with E-state index in [1.165, 1.54) is 7.11 Å². The third-order valence-corrected chi connectivity index (χ3v) is 9.28. The van der Waals surface area contributed by atoms with Crippen molar-refractivity contribution in [1.29, 1.82) is 0 Å². The normalized spacial score (nSPS) is 34.6. The van der Waals surface area contributed by atoms with Crippen LogP contribution in [0, 0.1) is 0 Å². The van der Waals surface area contributed by atoms with Gasteiger partial charge in [0.05, 0.1) is 36.4 Å².